The third-order valence-corrected chi connectivity index (χ3v) is 4.23. The van der Waals surface area contributed by atoms with E-state index in [9.17, 15) is 4.79 Å². The molecule has 0 aliphatic heterocycles. The van der Waals surface area contributed by atoms with E-state index in [2.05, 4.69) is 15.5 Å². The number of amides is 1. The van der Waals surface area contributed by atoms with Gasteiger partial charge < -0.3 is 9.84 Å². The van der Waals surface area contributed by atoms with Gasteiger partial charge in [0.05, 0.1) is 16.6 Å². The molecule has 1 amide bonds. The summed E-state index contributed by atoms with van der Waals surface area (Å²) < 4.78 is 5.27. The Morgan fingerprint density at radius 2 is 2.04 bits per heavy atom. The zero-order chi connectivity index (χ0) is 16.0. The average molecular weight is 328 g/mol. The number of aryl methyl sites for hydroxylation is 1. The standard InChI is InChI=1S/C17H14ClN3O2/c1-9-15-13(16(22)19-12-6-4-11(18)5-7-12)8-14(10-2-3-10)20-17(15)23-21-9/h4-8,10H,2-3H2,1H3,(H,19,22). The number of nitrogens with one attached hydrogen (secondary N) is 1. The van der Waals surface area contributed by atoms with Gasteiger partial charge in [0.2, 0.25) is 0 Å². The topological polar surface area (TPSA) is 68.0 Å². The summed E-state index contributed by atoms with van der Waals surface area (Å²) in [5, 5.41) is 8.12. The van der Waals surface area contributed by atoms with Crippen LogP contribution in [0.2, 0.25) is 5.02 Å². The van der Waals surface area contributed by atoms with Crippen LogP contribution in [0.4, 0.5) is 5.69 Å². The number of nitrogens with zero attached hydrogens (tertiary/aromatic N) is 2. The Hall–Kier alpha value is -2.40. The number of benzene rings is 1. The van der Waals surface area contributed by atoms with Gasteiger partial charge in [-0.2, -0.15) is 0 Å². The monoisotopic (exact) mass is 327 g/mol. The zero-order valence-corrected chi connectivity index (χ0v) is 13.2. The summed E-state index contributed by atoms with van der Waals surface area (Å²) in [7, 11) is 0. The van der Waals surface area contributed by atoms with Gasteiger partial charge in [-0.15, -0.1) is 0 Å². The van der Waals surface area contributed by atoms with Crippen LogP contribution in [0.15, 0.2) is 34.9 Å². The Morgan fingerprint density at radius 1 is 1.30 bits per heavy atom. The molecule has 1 aliphatic carbocycles. The number of carbonyl (C=O) groups excluding carboxylic acids is 1. The second-order valence-electron chi connectivity index (χ2n) is 5.78. The van der Waals surface area contributed by atoms with E-state index in [1.807, 2.05) is 13.0 Å². The van der Waals surface area contributed by atoms with E-state index in [0.29, 0.717) is 39.0 Å². The molecule has 0 unspecified atom stereocenters. The van der Waals surface area contributed by atoms with Gasteiger partial charge in [-0.05, 0) is 50.1 Å². The minimum atomic E-state index is -0.201. The van der Waals surface area contributed by atoms with E-state index in [1.165, 1.54) is 0 Å². The maximum absolute atomic E-state index is 12.7. The predicted molar refractivity (Wildman–Crippen MR) is 87.9 cm³/mol. The van der Waals surface area contributed by atoms with Gasteiger partial charge >= 0.3 is 0 Å². The van der Waals surface area contributed by atoms with Gasteiger partial charge in [0.25, 0.3) is 11.6 Å². The summed E-state index contributed by atoms with van der Waals surface area (Å²) in [6.07, 6.45) is 2.20. The van der Waals surface area contributed by atoms with E-state index in [-0.39, 0.29) is 5.91 Å². The molecule has 2 heterocycles. The van der Waals surface area contributed by atoms with Crippen molar-refractivity contribution < 1.29 is 9.32 Å². The van der Waals surface area contributed by atoms with Gasteiger partial charge in [-0.25, -0.2) is 4.98 Å². The zero-order valence-electron chi connectivity index (χ0n) is 12.5. The first-order valence-corrected chi connectivity index (χ1v) is 7.83. The summed E-state index contributed by atoms with van der Waals surface area (Å²) in [5.41, 5.74) is 3.22. The number of aromatic nitrogens is 2. The molecule has 4 rings (SSSR count). The van der Waals surface area contributed by atoms with Crippen molar-refractivity contribution in [3.63, 3.8) is 0 Å². The summed E-state index contributed by atoms with van der Waals surface area (Å²) in [5.74, 6) is 0.222. The molecule has 2 aromatic heterocycles. The first kappa shape index (κ1) is 14.2. The van der Waals surface area contributed by atoms with Gasteiger partial charge in [0, 0.05) is 22.3 Å². The Bertz CT molecular complexity index is 898. The van der Waals surface area contributed by atoms with Crippen LogP contribution in [0, 0.1) is 6.92 Å². The third kappa shape index (κ3) is 2.68. The SMILES string of the molecule is Cc1noc2nc(C3CC3)cc(C(=O)Nc3ccc(Cl)cc3)c12. The Morgan fingerprint density at radius 3 is 2.74 bits per heavy atom. The number of halogens is 1. The van der Waals surface area contributed by atoms with E-state index < -0.39 is 0 Å². The molecule has 6 heteroatoms. The fourth-order valence-corrected chi connectivity index (χ4v) is 2.74. The molecule has 1 N–H and O–H groups in total. The minimum absolute atomic E-state index is 0.201. The van der Waals surface area contributed by atoms with Crippen LogP contribution in [0.5, 0.6) is 0 Å². The van der Waals surface area contributed by atoms with Crippen molar-refractivity contribution in [3.05, 3.63) is 52.3 Å². The lowest BCUT2D eigenvalue weighted by molar-refractivity contribution is 0.102. The highest BCUT2D eigenvalue weighted by molar-refractivity contribution is 6.30. The van der Waals surface area contributed by atoms with Crippen molar-refractivity contribution in [2.75, 3.05) is 5.32 Å². The molecule has 116 valence electrons. The number of rotatable bonds is 3. The van der Waals surface area contributed by atoms with E-state index in [0.717, 1.165) is 18.5 Å². The molecule has 1 aliphatic rings. The maximum Gasteiger partial charge on any atom is 0.259 e. The number of hydrogen-bond donors (Lipinski definition) is 1. The van der Waals surface area contributed by atoms with Crippen LogP contribution in [0.3, 0.4) is 0 Å². The molecule has 0 saturated heterocycles. The van der Waals surface area contributed by atoms with Crippen molar-refractivity contribution in [1.29, 1.82) is 0 Å². The molecule has 0 atom stereocenters. The Kier molecular flexibility index (Phi) is 3.31. The van der Waals surface area contributed by atoms with Crippen LogP contribution < -0.4 is 5.32 Å². The van der Waals surface area contributed by atoms with Gasteiger partial charge in [-0.3, -0.25) is 4.79 Å². The van der Waals surface area contributed by atoms with Crippen molar-refractivity contribution in [3.8, 4) is 0 Å². The van der Waals surface area contributed by atoms with E-state index in [1.54, 1.807) is 24.3 Å². The van der Waals surface area contributed by atoms with E-state index in [4.69, 9.17) is 16.1 Å². The molecule has 0 radical (unpaired) electrons. The smallest absolute Gasteiger partial charge is 0.259 e. The summed E-state index contributed by atoms with van der Waals surface area (Å²) >= 11 is 5.87. The lowest BCUT2D eigenvalue weighted by Crippen LogP contribution is -2.13. The molecule has 1 saturated carbocycles. The average Bonchev–Trinajstić information content (AvgIpc) is 3.33. The van der Waals surface area contributed by atoms with Crippen molar-refractivity contribution in [1.82, 2.24) is 10.1 Å². The van der Waals surface area contributed by atoms with Gasteiger partial charge in [0.15, 0.2) is 0 Å². The number of fused-ring (bicyclic) bond motifs is 1. The lowest BCUT2D eigenvalue weighted by atomic mass is 10.1. The highest BCUT2D eigenvalue weighted by Crippen LogP contribution is 2.40. The Balaban J connectivity index is 1.75. The van der Waals surface area contributed by atoms with Crippen LogP contribution in [0.1, 0.15) is 40.5 Å². The highest BCUT2D eigenvalue weighted by atomic mass is 35.5. The molecule has 5 nitrogen and oxygen atoms in total. The fourth-order valence-electron chi connectivity index (χ4n) is 2.61. The Labute approximate surface area is 137 Å². The van der Waals surface area contributed by atoms with Crippen molar-refractivity contribution in [2.45, 2.75) is 25.7 Å². The van der Waals surface area contributed by atoms with E-state index >= 15 is 0 Å². The predicted octanol–water partition coefficient (Wildman–Crippen LogP) is 4.31. The fraction of sp³-hybridized carbons (Fsp3) is 0.235. The van der Waals surface area contributed by atoms with Crippen molar-refractivity contribution in [2.24, 2.45) is 0 Å². The molecular formula is C17H14ClN3O2. The maximum atomic E-state index is 12.7. The normalized spacial score (nSPS) is 14.2. The molecular weight excluding hydrogens is 314 g/mol. The second-order valence-corrected chi connectivity index (χ2v) is 6.21. The van der Waals surface area contributed by atoms with Gasteiger partial charge in [-0.1, -0.05) is 16.8 Å². The van der Waals surface area contributed by atoms with Crippen LogP contribution in [0.25, 0.3) is 11.1 Å². The summed E-state index contributed by atoms with van der Waals surface area (Å²) in [4.78, 5) is 17.2. The minimum Gasteiger partial charge on any atom is -0.336 e. The molecule has 0 spiro atoms. The largest absolute Gasteiger partial charge is 0.336 e. The molecule has 23 heavy (non-hydrogen) atoms. The number of anilines is 1. The lowest BCUT2D eigenvalue weighted by Gasteiger charge is -2.08. The second kappa shape index (κ2) is 5.35. The number of carbonyl (C=O) groups is 1. The molecule has 0 bridgehead atoms. The quantitative estimate of drug-likeness (QED) is 0.778. The van der Waals surface area contributed by atoms with Crippen LogP contribution >= 0.6 is 11.6 Å². The van der Waals surface area contributed by atoms with Gasteiger partial charge in [0.1, 0.15) is 0 Å². The first-order chi connectivity index (χ1) is 11.1. The van der Waals surface area contributed by atoms with Crippen molar-refractivity contribution >= 4 is 34.3 Å². The molecule has 3 aromatic rings. The first-order valence-electron chi connectivity index (χ1n) is 7.45. The van der Waals surface area contributed by atoms with Crippen LogP contribution in [-0.4, -0.2) is 16.0 Å². The third-order valence-electron chi connectivity index (χ3n) is 3.98. The molecule has 1 fully saturated rings. The van der Waals surface area contributed by atoms with Crippen LogP contribution in [-0.2, 0) is 0 Å². The highest BCUT2D eigenvalue weighted by Gasteiger charge is 2.28. The number of hydrogen-bond acceptors (Lipinski definition) is 4. The number of pyridine rings is 1. The summed E-state index contributed by atoms with van der Waals surface area (Å²) in [6, 6.07) is 8.86. The molecule has 1 aromatic carbocycles. The summed E-state index contributed by atoms with van der Waals surface area (Å²) in [6.45, 7) is 1.81.